The molecular weight excluding hydrogens is 318 g/mol. The van der Waals surface area contributed by atoms with Crippen LogP contribution in [0.3, 0.4) is 0 Å². The second-order valence-corrected chi connectivity index (χ2v) is 5.53. The number of benzene rings is 2. The van der Waals surface area contributed by atoms with Crippen molar-refractivity contribution < 1.29 is 19.1 Å². The van der Waals surface area contributed by atoms with Gasteiger partial charge in [0.05, 0.1) is 31.5 Å². The van der Waals surface area contributed by atoms with E-state index in [0.717, 1.165) is 22.6 Å². The number of anilines is 1. The van der Waals surface area contributed by atoms with E-state index >= 15 is 0 Å². The summed E-state index contributed by atoms with van der Waals surface area (Å²) in [5, 5.41) is 0. The van der Waals surface area contributed by atoms with Crippen molar-refractivity contribution >= 4 is 23.1 Å². The SMILES string of the molecule is CCOC(=O)C=C1C(=O)N(Cc2ccccc2OC)c2ccccc21. The van der Waals surface area contributed by atoms with Crippen LogP contribution in [0.5, 0.6) is 5.75 Å². The van der Waals surface area contributed by atoms with Gasteiger partial charge in [-0.05, 0) is 19.1 Å². The largest absolute Gasteiger partial charge is 0.496 e. The molecule has 1 aliphatic heterocycles. The molecule has 0 radical (unpaired) electrons. The van der Waals surface area contributed by atoms with Gasteiger partial charge in [-0.3, -0.25) is 4.79 Å². The van der Waals surface area contributed by atoms with Gasteiger partial charge in [0.25, 0.3) is 5.91 Å². The molecule has 128 valence electrons. The molecule has 0 saturated carbocycles. The van der Waals surface area contributed by atoms with Crippen LogP contribution in [0.1, 0.15) is 18.1 Å². The van der Waals surface area contributed by atoms with Gasteiger partial charge >= 0.3 is 5.97 Å². The van der Waals surface area contributed by atoms with Crippen molar-refractivity contribution in [2.45, 2.75) is 13.5 Å². The number of ether oxygens (including phenoxy) is 2. The number of carbonyl (C=O) groups excluding carboxylic acids is 2. The zero-order chi connectivity index (χ0) is 17.8. The van der Waals surface area contributed by atoms with Gasteiger partial charge in [-0.2, -0.15) is 0 Å². The molecule has 25 heavy (non-hydrogen) atoms. The van der Waals surface area contributed by atoms with Gasteiger partial charge in [0, 0.05) is 17.2 Å². The molecule has 0 aliphatic carbocycles. The van der Waals surface area contributed by atoms with Gasteiger partial charge in [0.1, 0.15) is 5.75 Å². The molecule has 0 unspecified atom stereocenters. The van der Waals surface area contributed by atoms with Crippen LogP contribution < -0.4 is 9.64 Å². The van der Waals surface area contributed by atoms with Crippen molar-refractivity contribution in [1.29, 1.82) is 0 Å². The van der Waals surface area contributed by atoms with Crippen LogP contribution in [0.25, 0.3) is 5.57 Å². The molecule has 2 aromatic rings. The zero-order valence-electron chi connectivity index (χ0n) is 14.2. The van der Waals surface area contributed by atoms with Crippen LogP contribution in [0, 0.1) is 0 Å². The summed E-state index contributed by atoms with van der Waals surface area (Å²) < 4.78 is 10.3. The minimum atomic E-state index is -0.514. The highest BCUT2D eigenvalue weighted by molar-refractivity contribution is 6.34. The Morgan fingerprint density at radius 2 is 1.84 bits per heavy atom. The molecule has 0 atom stereocenters. The van der Waals surface area contributed by atoms with Crippen molar-refractivity contribution in [3.63, 3.8) is 0 Å². The lowest BCUT2D eigenvalue weighted by Crippen LogP contribution is -2.26. The van der Waals surface area contributed by atoms with Gasteiger partial charge in [-0.25, -0.2) is 4.79 Å². The maximum absolute atomic E-state index is 12.9. The molecule has 0 saturated heterocycles. The van der Waals surface area contributed by atoms with E-state index in [4.69, 9.17) is 9.47 Å². The number of methoxy groups -OCH3 is 1. The summed E-state index contributed by atoms with van der Waals surface area (Å²) in [6, 6.07) is 15.0. The van der Waals surface area contributed by atoms with E-state index in [2.05, 4.69) is 0 Å². The number of para-hydroxylation sites is 2. The monoisotopic (exact) mass is 337 g/mol. The van der Waals surface area contributed by atoms with Crippen LogP contribution in [0.2, 0.25) is 0 Å². The fourth-order valence-corrected chi connectivity index (χ4v) is 2.91. The van der Waals surface area contributed by atoms with Crippen molar-refractivity contribution in [3.8, 4) is 5.75 Å². The topological polar surface area (TPSA) is 55.8 Å². The second-order valence-electron chi connectivity index (χ2n) is 5.53. The highest BCUT2D eigenvalue weighted by Crippen LogP contribution is 2.38. The predicted molar refractivity (Wildman–Crippen MR) is 95.2 cm³/mol. The minimum Gasteiger partial charge on any atom is -0.496 e. The summed E-state index contributed by atoms with van der Waals surface area (Å²) in [6.45, 7) is 2.36. The van der Waals surface area contributed by atoms with E-state index in [0.29, 0.717) is 12.1 Å². The fraction of sp³-hybridized carbons (Fsp3) is 0.200. The lowest BCUT2D eigenvalue weighted by molar-refractivity contribution is -0.137. The smallest absolute Gasteiger partial charge is 0.331 e. The molecule has 0 aromatic heterocycles. The maximum Gasteiger partial charge on any atom is 0.331 e. The summed E-state index contributed by atoms with van der Waals surface area (Å²) in [6.07, 6.45) is 1.27. The van der Waals surface area contributed by atoms with E-state index in [1.807, 2.05) is 48.5 Å². The third-order valence-corrected chi connectivity index (χ3v) is 4.03. The van der Waals surface area contributed by atoms with Gasteiger partial charge < -0.3 is 14.4 Å². The molecule has 1 aliphatic rings. The lowest BCUT2D eigenvalue weighted by atomic mass is 10.1. The van der Waals surface area contributed by atoms with Crippen LogP contribution in [-0.2, 0) is 20.9 Å². The number of nitrogens with zero attached hydrogens (tertiary/aromatic N) is 1. The third kappa shape index (κ3) is 3.26. The summed E-state index contributed by atoms with van der Waals surface area (Å²) in [5.74, 6) is -0.0180. The first-order valence-electron chi connectivity index (χ1n) is 8.07. The van der Waals surface area contributed by atoms with Crippen LogP contribution in [0.4, 0.5) is 5.69 Å². The number of hydrogen-bond acceptors (Lipinski definition) is 4. The Bertz CT molecular complexity index is 841. The van der Waals surface area contributed by atoms with E-state index in [1.165, 1.54) is 6.08 Å². The van der Waals surface area contributed by atoms with E-state index in [1.54, 1.807) is 18.9 Å². The van der Waals surface area contributed by atoms with E-state index < -0.39 is 5.97 Å². The van der Waals surface area contributed by atoms with Crippen LogP contribution in [-0.4, -0.2) is 25.6 Å². The lowest BCUT2D eigenvalue weighted by Gasteiger charge is -2.18. The Labute approximate surface area is 146 Å². The first-order valence-corrected chi connectivity index (χ1v) is 8.07. The minimum absolute atomic E-state index is 0.222. The average Bonchev–Trinajstić information content (AvgIpc) is 2.88. The molecule has 1 amide bonds. The van der Waals surface area contributed by atoms with Gasteiger partial charge in [0.2, 0.25) is 0 Å². The molecule has 0 N–H and O–H groups in total. The summed E-state index contributed by atoms with van der Waals surface area (Å²) in [5.41, 5.74) is 2.75. The normalized spacial score (nSPS) is 14.6. The van der Waals surface area contributed by atoms with E-state index in [-0.39, 0.29) is 12.5 Å². The van der Waals surface area contributed by atoms with Gasteiger partial charge in [-0.15, -0.1) is 0 Å². The van der Waals surface area contributed by atoms with Gasteiger partial charge in [-0.1, -0.05) is 36.4 Å². The third-order valence-electron chi connectivity index (χ3n) is 4.03. The highest BCUT2D eigenvalue weighted by atomic mass is 16.5. The Hall–Kier alpha value is -3.08. The summed E-state index contributed by atoms with van der Waals surface area (Å²) >= 11 is 0. The molecule has 0 spiro atoms. The Kier molecular flexibility index (Phi) is 4.84. The predicted octanol–water partition coefficient (Wildman–Crippen LogP) is 3.19. The number of fused-ring (bicyclic) bond motifs is 1. The molecule has 5 heteroatoms. The molecule has 5 nitrogen and oxygen atoms in total. The molecular formula is C20H19NO4. The molecule has 1 heterocycles. The number of carbonyl (C=O) groups is 2. The standard InChI is InChI=1S/C20H19NO4/c1-3-25-19(22)12-16-15-9-5-6-10-17(15)21(20(16)23)13-14-8-4-7-11-18(14)24-2/h4-12H,3,13H2,1-2H3. The van der Waals surface area contributed by atoms with Crippen LogP contribution in [0.15, 0.2) is 54.6 Å². The number of rotatable bonds is 5. The molecule has 0 bridgehead atoms. The quantitative estimate of drug-likeness (QED) is 0.621. The van der Waals surface area contributed by atoms with Crippen molar-refractivity contribution in [2.75, 3.05) is 18.6 Å². The first-order chi connectivity index (χ1) is 12.2. The molecule has 0 fully saturated rings. The van der Waals surface area contributed by atoms with Crippen LogP contribution >= 0.6 is 0 Å². The molecule has 3 rings (SSSR count). The Morgan fingerprint density at radius 1 is 1.12 bits per heavy atom. The first kappa shape index (κ1) is 16.8. The van der Waals surface area contributed by atoms with Crippen molar-refractivity contribution in [2.24, 2.45) is 0 Å². The van der Waals surface area contributed by atoms with Gasteiger partial charge in [0.15, 0.2) is 0 Å². The number of hydrogen-bond donors (Lipinski definition) is 0. The summed E-state index contributed by atoms with van der Waals surface area (Å²) in [7, 11) is 1.60. The van der Waals surface area contributed by atoms with E-state index in [9.17, 15) is 9.59 Å². The van der Waals surface area contributed by atoms with Crippen molar-refractivity contribution in [1.82, 2.24) is 0 Å². The maximum atomic E-state index is 12.9. The highest BCUT2D eigenvalue weighted by Gasteiger charge is 2.33. The Morgan fingerprint density at radius 3 is 2.60 bits per heavy atom. The number of amides is 1. The zero-order valence-corrected chi connectivity index (χ0v) is 14.2. The Balaban J connectivity index is 1.99. The second kappa shape index (κ2) is 7.21. The summed E-state index contributed by atoms with van der Waals surface area (Å²) in [4.78, 5) is 26.4. The fourth-order valence-electron chi connectivity index (χ4n) is 2.91. The van der Waals surface area contributed by atoms with Crippen molar-refractivity contribution in [3.05, 3.63) is 65.7 Å². The molecule has 2 aromatic carbocycles. The number of esters is 1. The average molecular weight is 337 g/mol.